The van der Waals surface area contributed by atoms with Gasteiger partial charge in [0.25, 0.3) is 0 Å². The number of esters is 4. The quantitative estimate of drug-likeness (QED) is 0.0169. The van der Waals surface area contributed by atoms with Crippen LogP contribution in [0.25, 0.3) is 0 Å². The van der Waals surface area contributed by atoms with E-state index in [0.717, 1.165) is 121 Å². The van der Waals surface area contributed by atoms with Crippen molar-refractivity contribution in [2.45, 2.75) is 374 Å². The lowest BCUT2D eigenvalue weighted by molar-refractivity contribution is -0.161. The lowest BCUT2D eigenvalue weighted by atomic mass is 10.0. The molecule has 3 N–H and O–H groups in total. The highest BCUT2D eigenvalue weighted by Crippen LogP contribution is 2.45. The maximum absolute atomic E-state index is 13.0. The summed E-state index contributed by atoms with van der Waals surface area (Å²) in [4.78, 5) is 72.6. The van der Waals surface area contributed by atoms with Gasteiger partial charge in [-0.05, 0) is 57.3 Å². The highest BCUT2D eigenvalue weighted by Gasteiger charge is 2.30. The van der Waals surface area contributed by atoms with Gasteiger partial charge in [-0.2, -0.15) is 0 Å². The standard InChI is InChI=1S/C73H138O17P2/c1-6-9-12-15-18-21-23-25-26-30-33-37-42-47-52-57-71(76)84-63-69(90-73(78)59-54-49-44-39-35-31-27-29-32-36-40-45-50-55-66(4)5)65-88-92(81,82)86-61-67(74)60-85-91(79,80)87-64-68(62-83-70(75)56-51-46-41-20-17-14-11-8-3)89-72(77)58-53-48-43-38-34-28-24-22-19-16-13-10-7-2/h21,23,25-26,66-69,74H,6-20,22,24,27-65H2,1-5H3,(H,79,80)(H,81,82)/b23-21-,26-25-/t67-,68+,69+/m0/s1. The Hall–Kier alpha value is -2.46. The van der Waals surface area contributed by atoms with Gasteiger partial charge in [0.2, 0.25) is 0 Å². The number of unbranched alkanes of at least 4 members (excludes halogenated alkanes) is 40. The number of hydrogen-bond acceptors (Lipinski definition) is 15. The molecule has 0 aliphatic rings. The van der Waals surface area contributed by atoms with Gasteiger partial charge in [-0.1, -0.05) is 303 Å². The van der Waals surface area contributed by atoms with Crippen molar-refractivity contribution in [3.8, 4) is 0 Å². The molecule has 0 saturated heterocycles. The van der Waals surface area contributed by atoms with E-state index in [1.165, 1.54) is 154 Å². The number of aliphatic hydroxyl groups excluding tert-OH is 1. The summed E-state index contributed by atoms with van der Waals surface area (Å²) in [6, 6.07) is 0. The molecule has 92 heavy (non-hydrogen) atoms. The molecule has 0 aliphatic carbocycles. The molecule has 0 aromatic rings. The minimum absolute atomic E-state index is 0.101. The lowest BCUT2D eigenvalue weighted by Gasteiger charge is -2.21. The molecule has 0 aromatic carbocycles. The number of allylic oxidation sites excluding steroid dienone is 4. The third-order valence-corrected chi connectivity index (χ3v) is 18.3. The zero-order valence-electron chi connectivity index (χ0n) is 59.2. The topological polar surface area (TPSA) is 237 Å². The fourth-order valence-electron chi connectivity index (χ4n) is 10.6. The van der Waals surface area contributed by atoms with Crippen LogP contribution in [0.5, 0.6) is 0 Å². The number of phosphoric acid groups is 2. The van der Waals surface area contributed by atoms with Gasteiger partial charge in [0.15, 0.2) is 12.2 Å². The van der Waals surface area contributed by atoms with Gasteiger partial charge in [0.1, 0.15) is 19.3 Å². The molecular weight excluding hydrogens is 1210 g/mol. The number of aliphatic hydroxyl groups is 1. The highest BCUT2D eigenvalue weighted by molar-refractivity contribution is 7.47. The molecule has 0 saturated carbocycles. The second-order valence-corrected chi connectivity index (χ2v) is 29.0. The first kappa shape index (κ1) is 89.5. The third kappa shape index (κ3) is 66.2. The van der Waals surface area contributed by atoms with E-state index >= 15 is 0 Å². The van der Waals surface area contributed by atoms with Crippen molar-refractivity contribution in [3.05, 3.63) is 24.3 Å². The molecule has 0 fully saturated rings. The predicted molar refractivity (Wildman–Crippen MR) is 372 cm³/mol. The Morgan fingerprint density at radius 2 is 0.587 bits per heavy atom. The van der Waals surface area contributed by atoms with Crippen molar-refractivity contribution in [1.29, 1.82) is 0 Å². The van der Waals surface area contributed by atoms with Gasteiger partial charge < -0.3 is 33.8 Å². The molecule has 17 nitrogen and oxygen atoms in total. The molecule has 19 heteroatoms. The summed E-state index contributed by atoms with van der Waals surface area (Å²) in [6.07, 6.45) is 56.2. The van der Waals surface area contributed by atoms with Crippen molar-refractivity contribution in [2.75, 3.05) is 39.6 Å². The van der Waals surface area contributed by atoms with Crippen molar-refractivity contribution in [3.63, 3.8) is 0 Å². The minimum Gasteiger partial charge on any atom is -0.462 e. The second kappa shape index (κ2) is 65.8. The van der Waals surface area contributed by atoms with Crippen LogP contribution in [-0.2, 0) is 65.4 Å². The minimum atomic E-state index is -4.96. The van der Waals surface area contributed by atoms with E-state index < -0.39 is 97.5 Å². The molecule has 0 heterocycles. The summed E-state index contributed by atoms with van der Waals surface area (Å²) in [5.74, 6) is -1.37. The lowest BCUT2D eigenvalue weighted by Crippen LogP contribution is -2.30. The molecule has 0 aromatic heterocycles. The average molecular weight is 1350 g/mol. The fourth-order valence-corrected chi connectivity index (χ4v) is 12.2. The predicted octanol–water partition coefficient (Wildman–Crippen LogP) is 20.9. The zero-order chi connectivity index (χ0) is 67.7. The Bertz CT molecular complexity index is 1860. The van der Waals surface area contributed by atoms with Crippen LogP contribution in [0.15, 0.2) is 24.3 Å². The molecule has 542 valence electrons. The first-order chi connectivity index (χ1) is 44.5. The van der Waals surface area contributed by atoms with Crippen LogP contribution in [-0.4, -0.2) is 96.7 Å². The monoisotopic (exact) mass is 1350 g/mol. The molecular formula is C73H138O17P2. The van der Waals surface area contributed by atoms with Crippen molar-refractivity contribution < 1.29 is 80.2 Å². The number of rotatable bonds is 71. The van der Waals surface area contributed by atoms with Crippen molar-refractivity contribution >= 4 is 39.5 Å². The molecule has 2 unspecified atom stereocenters. The Morgan fingerprint density at radius 3 is 0.891 bits per heavy atom. The van der Waals surface area contributed by atoms with Crippen LogP contribution < -0.4 is 0 Å². The number of hydrogen-bond donors (Lipinski definition) is 3. The fraction of sp³-hybridized carbons (Fsp3) is 0.890. The summed E-state index contributed by atoms with van der Waals surface area (Å²) in [7, 11) is -9.91. The Balaban J connectivity index is 5.26. The van der Waals surface area contributed by atoms with Gasteiger partial charge in [0.05, 0.1) is 26.4 Å². The first-order valence-electron chi connectivity index (χ1n) is 37.5. The Morgan fingerprint density at radius 1 is 0.337 bits per heavy atom. The van der Waals surface area contributed by atoms with E-state index in [-0.39, 0.29) is 25.7 Å². The van der Waals surface area contributed by atoms with Crippen molar-refractivity contribution in [1.82, 2.24) is 0 Å². The molecule has 0 radical (unpaired) electrons. The van der Waals surface area contributed by atoms with Gasteiger partial charge in [-0.3, -0.25) is 37.3 Å². The number of carbonyl (C=O) groups is 4. The summed E-state index contributed by atoms with van der Waals surface area (Å²) >= 11 is 0. The summed E-state index contributed by atoms with van der Waals surface area (Å²) < 4.78 is 68.3. The normalized spacial score (nSPS) is 14.2. The molecule has 0 spiro atoms. The maximum Gasteiger partial charge on any atom is 0.472 e. The number of phosphoric ester groups is 2. The van der Waals surface area contributed by atoms with E-state index in [0.29, 0.717) is 25.7 Å². The van der Waals surface area contributed by atoms with E-state index in [1.54, 1.807) is 0 Å². The van der Waals surface area contributed by atoms with Crippen LogP contribution >= 0.6 is 15.6 Å². The molecule has 0 rings (SSSR count). The van der Waals surface area contributed by atoms with Gasteiger partial charge in [-0.15, -0.1) is 0 Å². The number of carbonyl (C=O) groups excluding carboxylic acids is 4. The Labute approximate surface area is 561 Å². The third-order valence-electron chi connectivity index (χ3n) is 16.4. The van der Waals surface area contributed by atoms with E-state index in [1.807, 2.05) is 0 Å². The number of ether oxygens (including phenoxy) is 4. The van der Waals surface area contributed by atoms with Crippen LogP contribution in [0.2, 0.25) is 0 Å². The summed E-state index contributed by atoms with van der Waals surface area (Å²) in [6.45, 7) is 7.19. The van der Waals surface area contributed by atoms with Gasteiger partial charge in [0, 0.05) is 25.7 Å². The maximum atomic E-state index is 13.0. The molecule has 0 bridgehead atoms. The molecule has 5 atom stereocenters. The van der Waals surface area contributed by atoms with Crippen LogP contribution in [0.4, 0.5) is 0 Å². The first-order valence-corrected chi connectivity index (χ1v) is 40.4. The van der Waals surface area contributed by atoms with Gasteiger partial charge in [-0.25, -0.2) is 9.13 Å². The van der Waals surface area contributed by atoms with E-state index in [9.17, 15) is 43.2 Å². The smallest absolute Gasteiger partial charge is 0.462 e. The van der Waals surface area contributed by atoms with Crippen LogP contribution in [0, 0.1) is 5.92 Å². The average Bonchev–Trinajstić information content (AvgIpc) is 3.55. The molecule has 0 amide bonds. The summed E-state index contributed by atoms with van der Waals surface area (Å²) in [5, 5.41) is 10.6. The van der Waals surface area contributed by atoms with E-state index in [2.05, 4.69) is 58.9 Å². The highest BCUT2D eigenvalue weighted by atomic mass is 31.2. The zero-order valence-corrected chi connectivity index (χ0v) is 61.0. The Kier molecular flexibility index (Phi) is 64.0. The largest absolute Gasteiger partial charge is 0.472 e. The molecule has 0 aliphatic heterocycles. The van der Waals surface area contributed by atoms with Gasteiger partial charge >= 0.3 is 39.5 Å². The van der Waals surface area contributed by atoms with Crippen LogP contribution in [0.1, 0.15) is 356 Å². The van der Waals surface area contributed by atoms with E-state index in [4.69, 9.17) is 37.0 Å². The summed E-state index contributed by atoms with van der Waals surface area (Å²) in [5.41, 5.74) is 0. The second-order valence-electron chi connectivity index (χ2n) is 26.1. The van der Waals surface area contributed by atoms with Crippen molar-refractivity contribution in [2.24, 2.45) is 5.92 Å². The SMILES string of the molecule is CCCCCC/C=C\C=C/CCCCCCCC(=O)OC[C@H](COP(=O)(O)OC[C@@H](O)COP(=O)(O)OC[C@@H](COC(=O)CCCCCCCCCC)OC(=O)CCCCCCCCCCCCCCC)OC(=O)CCCCCCCCCCCCCCCC(C)C. The van der Waals surface area contributed by atoms with Crippen LogP contribution in [0.3, 0.4) is 0 Å².